The fraction of sp³-hybridized carbons (Fsp3) is 0.364. The number of ether oxygens (including phenoxy) is 3. The van der Waals surface area contributed by atoms with E-state index in [9.17, 15) is 9.59 Å². The van der Waals surface area contributed by atoms with Gasteiger partial charge in [0.15, 0.2) is 11.5 Å². The van der Waals surface area contributed by atoms with E-state index < -0.39 is 0 Å². The number of halogens is 1. The molecule has 30 heavy (non-hydrogen) atoms. The summed E-state index contributed by atoms with van der Waals surface area (Å²) in [5.74, 6) is 1.68. The lowest BCUT2D eigenvalue weighted by Gasteiger charge is -2.29. The monoisotopic (exact) mass is 430 g/mol. The van der Waals surface area contributed by atoms with E-state index in [4.69, 9.17) is 25.8 Å². The molecule has 0 bridgehead atoms. The van der Waals surface area contributed by atoms with Crippen molar-refractivity contribution in [1.29, 1.82) is 0 Å². The topological polar surface area (TPSA) is 77.1 Å². The fourth-order valence-electron chi connectivity index (χ4n) is 3.53. The van der Waals surface area contributed by atoms with Crippen LogP contribution < -0.4 is 24.4 Å². The van der Waals surface area contributed by atoms with Crippen LogP contribution in [0.5, 0.6) is 17.2 Å². The minimum absolute atomic E-state index is 0.0982. The molecule has 0 spiro atoms. The van der Waals surface area contributed by atoms with E-state index in [0.717, 1.165) is 5.56 Å². The second-order valence-corrected chi connectivity index (χ2v) is 7.63. The molecule has 2 amide bonds. The summed E-state index contributed by atoms with van der Waals surface area (Å²) in [6.45, 7) is 3.78. The SMILES string of the molecule is C[C@H](NC(=O)CCC(=O)N1CCOc2ccc(Cl)cc21)c1ccc2c(c1)OCCO2. The Morgan fingerprint density at radius 1 is 1.00 bits per heavy atom. The zero-order valence-corrected chi connectivity index (χ0v) is 17.4. The zero-order chi connectivity index (χ0) is 21.1. The van der Waals surface area contributed by atoms with E-state index in [0.29, 0.717) is 54.3 Å². The van der Waals surface area contributed by atoms with Crippen molar-refractivity contribution in [2.75, 3.05) is 31.3 Å². The van der Waals surface area contributed by atoms with Gasteiger partial charge in [-0.1, -0.05) is 17.7 Å². The number of fused-ring (bicyclic) bond motifs is 2. The van der Waals surface area contributed by atoms with Crippen molar-refractivity contribution >= 4 is 29.1 Å². The number of benzene rings is 2. The summed E-state index contributed by atoms with van der Waals surface area (Å²) in [5.41, 5.74) is 1.56. The fourth-order valence-corrected chi connectivity index (χ4v) is 3.70. The van der Waals surface area contributed by atoms with E-state index in [-0.39, 0.29) is 30.7 Å². The lowest BCUT2D eigenvalue weighted by Crippen LogP contribution is -2.38. The molecule has 8 heteroatoms. The third-order valence-electron chi connectivity index (χ3n) is 5.09. The van der Waals surface area contributed by atoms with Crippen LogP contribution in [0.1, 0.15) is 31.4 Å². The Morgan fingerprint density at radius 3 is 2.57 bits per heavy atom. The third-order valence-corrected chi connectivity index (χ3v) is 5.33. The molecule has 0 fully saturated rings. The van der Waals surface area contributed by atoms with Crippen LogP contribution in [-0.2, 0) is 9.59 Å². The summed E-state index contributed by atoms with van der Waals surface area (Å²) in [7, 11) is 0. The summed E-state index contributed by atoms with van der Waals surface area (Å²) in [5, 5.41) is 3.47. The molecular weight excluding hydrogens is 408 g/mol. The number of nitrogens with one attached hydrogen (secondary N) is 1. The van der Waals surface area contributed by atoms with Gasteiger partial charge in [-0.2, -0.15) is 0 Å². The average Bonchev–Trinajstić information content (AvgIpc) is 2.76. The first kappa shape index (κ1) is 20.3. The highest BCUT2D eigenvalue weighted by molar-refractivity contribution is 6.31. The number of amides is 2. The molecule has 0 aliphatic carbocycles. The lowest BCUT2D eigenvalue weighted by atomic mass is 10.1. The van der Waals surface area contributed by atoms with Crippen LogP contribution in [0.2, 0.25) is 5.02 Å². The second-order valence-electron chi connectivity index (χ2n) is 7.20. The van der Waals surface area contributed by atoms with E-state index in [1.54, 1.807) is 23.1 Å². The smallest absolute Gasteiger partial charge is 0.227 e. The highest BCUT2D eigenvalue weighted by Crippen LogP contribution is 2.35. The number of hydrogen-bond acceptors (Lipinski definition) is 5. The maximum atomic E-state index is 12.7. The summed E-state index contributed by atoms with van der Waals surface area (Å²) in [4.78, 5) is 26.8. The van der Waals surface area contributed by atoms with Gasteiger partial charge in [-0.3, -0.25) is 9.59 Å². The predicted molar refractivity (Wildman–Crippen MR) is 113 cm³/mol. The van der Waals surface area contributed by atoms with Gasteiger partial charge in [0.05, 0.1) is 18.3 Å². The van der Waals surface area contributed by atoms with E-state index >= 15 is 0 Å². The molecule has 158 valence electrons. The predicted octanol–water partition coefficient (Wildman–Crippen LogP) is 3.49. The van der Waals surface area contributed by atoms with Crippen LogP contribution in [0.3, 0.4) is 0 Å². The molecule has 1 N–H and O–H groups in total. The van der Waals surface area contributed by atoms with Crippen molar-refractivity contribution < 1.29 is 23.8 Å². The number of carbonyl (C=O) groups is 2. The second kappa shape index (κ2) is 8.83. The van der Waals surface area contributed by atoms with Crippen molar-refractivity contribution in [1.82, 2.24) is 5.32 Å². The average molecular weight is 431 g/mol. The first-order valence-corrected chi connectivity index (χ1v) is 10.3. The highest BCUT2D eigenvalue weighted by atomic mass is 35.5. The van der Waals surface area contributed by atoms with E-state index in [1.165, 1.54) is 0 Å². The van der Waals surface area contributed by atoms with Crippen molar-refractivity contribution in [2.45, 2.75) is 25.8 Å². The van der Waals surface area contributed by atoms with Gasteiger partial charge in [0.2, 0.25) is 11.8 Å². The minimum Gasteiger partial charge on any atom is -0.490 e. The van der Waals surface area contributed by atoms with Crippen molar-refractivity contribution in [2.24, 2.45) is 0 Å². The normalized spacial score (nSPS) is 15.6. The molecule has 0 aromatic heterocycles. The largest absolute Gasteiger partial charge is 0.490 e. The van der Waals surface area contributed by atoms with Crippen LogP contribution >= 0.6 is 11.6 Å². The summed E-state index contributed by atoms with van der Waals surface area (Å²) >= 11 is 6.06. The molecule has 2 aliphatic heterocycles. The Morgan fingerprint density at radius 2 is 1.73 bits per heavy atom. The highest BCUT2D eigenvalue weighted by Gasteiger charge is 2.24. The van der Waals surface area contributed by atoms with Gasteiger partial charge in [-0.05, 0) is 42.8 Å². The van der Waals surface area contributed by atoms with Gasteiger partial charge >= 0.3 is 0 Å². The van der Waals surface area contributed by atoms with Crippen LogP contribution in [-0.4, -0.2) is 38.2 Å². The number of nitrogens with zero attached hydrogens (tertiary/aromatic N) is 1. The third kappa shape index (κ3) is 4.46. The first-order valence-electron chi connectivity index (χ1n) is 9.93. The zero-order valence-electron chi connectivity index (χ0n) is 16.7. The number of anilines is 1. The van der Waals surface area contributed by atoms with Gasteiger partial charge in [0.25, 0.3) is 0 Å². The Bertz CT molecular complexity index is 965. The molecule has 1 atom stereocenters. The lowest BCUT2D eigenvalue weighted by molar-refractivity contribution is -0.125. The first-order chi connectivity index (χ1) is 14.5. The van der Waals surface area contributed by atoms with Gasteiger partial charge in [-0.15, -0.1) is 0 Å². The van der Waals surface area contributed by atoms with Crippen LogP contribution in [0.4, 0.5) is 5.69 Å². The van der Waals surface area contributed by atoms with Crippen molar-refractivity contribution in [3.05, 3.63) is 47.0 Å². The van der Waals surface area contributed by atoms with Crippen molar-refractivity contribution in [3.8, 4) is 17.2 Å². The molecule has 2 heterocycles. The number of carbonyl (C=O) groups excluding carboxylic acids is 2. The van der Waals surface area contributed by atoms with Crippen LogP contribution in [0.15, 0.2) is 36.4 Å². The van der Waals surface area contributed by atoms with Crippen molar-refractivity contribution in [3.63, 3.8) is 0 Å². The van der Waals surface area contributed by atoms with E-state index in [1.807, 2.05) is 25.1 Å². The molecule has 0 unspecified atom stereocenters. The van der Waals surface area contributed by atoms with Crippen LogP contribution in [0, 0.1) is 0 Å². The van der Waals surface area contributed by atoms with Crippen LogP contribution in [0.25, 0.3) is 0 Å². The number of hydrogen-bond donors (Lipinski definition) is 1. The standard InChI is InChI=1S/C22H23ClN2O5/c1-14(15-2-4-19-20(12-15)30-11-10-29-19)24-21(26)6-7-22(27)25-8-9-28-18-5-3-16(23)13-17(18)25/h2-5,12-14H,6-11H2,1H3,(H,24,26)/t14-/m0/s1. The summed E-state index contributed by atoms with van der Waals surface area (Å²) < 4.78 is 16.7. The molecule has 0 radical (unpaired) electrons. The van der Waals surface area contributed by atoms with Gasteiger partial charge in [0, 0.05) is 17.9 Å². The Hall–Kier alpha value is -2.93. The quantitative estimate of drug-likeness (QED) is 0.785. The molecular formula is C22H23ClN2O5. The minimum atomic E-state index is -0.216. The Balaban J connectivity index is 1.33. The number of rotatable bonds is 5. The summed E-state index contributed by atoms with van der Waals surface area (Å²) in [6.07, 6.45) is 0.201. The van der Waals surface area contributed by atoms with Gasteiger partial charge < -0.3 is 24.4 Å². The van der Waals surface area contributed by atoms with Gasteiger partial charge in [-0.25, -0.2) is 0 Å². The Kier molecular flexibility index (Phi) is 5.99. The summed E-state index contributed by atoms with van der Waals surface area (Å²) in [6, 6.07) is 10.6. The molecule has 2 aromatic rings. The molecule has 2 aliphatic rings. The molecule has 7 nitrogen and oxygen atoms in total. The Labute approximate surface area is 179 Å². The maximum absolute atomic E-state index is 12.7. The maximum Gasteiger partial charge on any atom is 0.227 e. The molecule has 4 rings (SSSR count). The molecule has 0 saturated heterocycles. The van der Waals surface area contributed by atoms with Gasteiger partial charge in [0.1, 0.15) is 25.6 Å². The van der Waals surface area contributed by atoms with E-state index in [2.05, 4.69) is 5.32 Å². The molecule has 2 aromatic carbocycles. The molecule has 0 saturated carbocycles.